The minimum absolute atomic E-state index is 0.0921. The normalized spacial score (nSPS) is 20.6. The third kappa shape index (κ3) is 2.83. The van der Waals surface area contributed by atoms with Gasteiger partial charge in [0.05, 0.1) is 6.04 Å². The Hall–Kier alpha value is -1.26. The maximum Gasteiger partial charge on any atom is 0.240 e. The second-order valence-electron chi connectivity index (χ2n) is 7.19. The van der Waals surface area contributed by atoms with Crippen molar-refractivity contribution in [2.45, 2.75) is 42.9 Å². The van der Waals surface area contributed by atoms with Crippen molar-refractivity contribution in [3.8, 4) is 0 Å². The number of hydrogen-bond donors (Lipinski definition) is 1. The maximum absolute atomic E-state index is 12.7. The Balaban J connectivity index is 1.70. The molecule has 1 aliphatic carbocycles. The molecule has 3 nitrogen and oxygen atoms in total. The topological polar surface area (TPSA) is 46.3 Å². The number of nitrogens with two attached hydrogens (primary N) is 1. The molecule has 0 radical (unpaired) electrons. The molecule has 1 spiro atoms. The zero-order valence-corrected chi connectivity index (χ0v) is 15.0. The van der Waals surface area contributed by atoms with Gasteiger partial charge in [0.25, 0.3) is 0 Å². The van der Waals surface area contributed by atoms with Crippen molar-refractivity contribution in [1.29, 1.82) is 0 Å². The number of amides is 1. The average molecular weight is 330 g/mol. The van der Waals surface area contributed by atoms with Crippen LogP contribution in [0.4, 0.5) is 0 Å². The van der Waals surface area contributed by atoms with E-state index < -0.39 is 6.04 Å². The number of benzene rings is 1. The second-order valence-corrected chi connectivity index (χ2v) is 8.65. The number of allylic oxidation sites excluding steroid dienone is 1. The highest BCUT2D eigenvalue weighted by molar-refractivity contribution is 8.00. The number of rotatable bonds is 3. The van der Waals surface area contributed by atoms with Crippen LogP contribution in [0, 0.1) is 0 Å². The van der Waals surface area contributed by atoms with Crippen molar-refractivity contribution in [3.05, 3.63) is 41.5 Å². The Labute approximate surface area is 143 Å². The van der Waals surface area contributed by atoms with Crippen LogP contribution in [0.15, 0.2) is 30.3 Å². The predicted octanol–water partition coefficient (Wildman–Crippen LogP) is 3.04. The van der Waals surface area contributed by atoms with Gasteiger partial charge >= 0.3 is 0 Å². The molecule has 2 N–H and O–H groups in total. The summed E-state index contributed by atoms with van der Waals surface area (Å²) in [6.45, 7) is 5.66. The Morgan fingerprint density at radius 2 is 1.96 bits per heavy atom. The van der Waals surface area contributed by atoms with E-state index in [9.17, 15) is 4.79 Å². The van der Waals surface area contributed by atoms with Gasteiger partial charge in [-0.2, -0.15) is 11.8 Å². The molecule has 0 unspecified atom stereocenters. The van der Waals surface area contributed by atoms with E-state index in [1.165, 1.54) is 11.1 Å². The fourth-order valence-electron chi connectivity index (χ4n) is 3.62. The third-order valence-corrected chi connectivity index (χ3v) is 6.89. The third-order valence-electron chi connectivity index (χ3n) is 5.59. The van der Waals surface area contributed by atoms with Gasteiger partial charge in [-0.1, -0.05) is 36.4 Å². The van der Waals surface area contributed by atoms with Gasteiger partial charge in [-0.3, -0.25) is 4.79 Å². The van der Waals surface area contributed by atoms with E-state index >= 15 is 0 Å². The zero-order valence-electron chi connectivity index (χ0n) is 14.2. The van der Waals surface area contributed by atoms with Gasteiger partial charge < -0.3 is 10.6 Å². The highest BCUT2D eigenvalue weighted by Crippen LogP contribution is 2.43. The summed E-state index contributed by atoms with van der Waals surface area (Å²) in [5.41, 5.74) is 9.09. The molecule has 23 heavy (non-hydrogen) atoms. The quantitative estimate of drug-likeness (QED) is 0.926. The predicted molar refractivity (Wildman–Crippen MR) is 98.5 cm³/mol. The Morgan fingerprint density at radius 3 is 2.61 bits per heavy atom. The SMILES string of the molecule is CSC(C)(C)[C@H](N)C(=O)N1CCC2(C=Cc3ccccc32)CC1. The maximum atomic E-state index is 12.7. The lowest BCUT2D eigenvalue weighted by molar-refractivity contribution is -0.134. The van der Waals surface area contributed by atoms with Crippen molar-refractivity contribution < 1.29 is 4.79 Å². The Bertz CT molecular complexity index is 630. The molecule has 0 bridgehead atoms. The highest BCUT2D eigenvalue weighted by Gasteiger charge is 2.41. The molecule has 1 fully saturated rings. The lowest BCUT2D eigenvalue weighted by Gasteiger charge is -2.41. The molecular formula is C19H26N2OS. The van der Waals surface area contributed by atoms with Gasteiger partial charge in [0.1, 0.15) is 0 Å². The number of hydrogen-bond acceptors (Lipinski definition) is 3. The first-order valence-corrected chi connectivity index (χ1v) is 9.50. The lowest BCUT2D eigenvalue weighted by Crippen LogP contribution is -2.56. The summed E-state index contributed by atoms with van der Waals surface area (Å²) in [6, 6.07) is 8.16. The fourth-order valence-corrected chi connectivity index (χ4v) is 3.97. The lowest BCUT2D eigenvalue weighted by atomic mass is 9.74. The molecule has 1 heterocycles. The van der Waals surface area contributed by atoms with Crippen LogP contribution in [0.25, 0.3) is 6.08 Å². The Morgan fingerprint density at radius 1 is 1.30 bits per heavy atom. The summed E-state index contributed by atoms with van der Waals surface area (Å²) in [5, 5.41) is 0. The van der Waals surface area contributed by atoms with Crippen molar-refractivity contribution in [1.82, 2.24) is 4.90 Å². The molecule has 1 aliphatic heterocycles. The van der Waals surface area contributed by atoms with E-state index in [0.29, 0.717) is 0 Å². The summed E-state index contributed by atoms with van der Waals surface area (Å²) in [5.74, 6) is 0.0921. The Kier molecular flexibility index (Phi) is 4.32. The molecule has 1 atom stereocenters. The smallest absolute Gasteiger partial charge is 0.240 e. The van der Waals surface area contributed by atoms with Gasteiger partial charge in [0.15, 0.2) is 0 Å². The second kappa shape index (κ2) is 5.99. The minimum Gasteiger partial charge on any atom is -0.341 e. The van der Waals surface area contributed by atoms with Crippen molar-refractivity contribution in [2.24, 2.45) is 5.73 Å². The van der Waals surface area contributed by atoms with E-state index in [2.05, 4.69) is 36.4 Å². The number of thioether (sulfide) groups is 1. The van der Waals surface area contributed by atoms with Gasteiger partial charge in [0, 0.05) is 23.3 Å². The summed E-state index contributed by atoms with van der Waals surface area (Å²) in [6.07, 6.45) is 8.55. The van der Waals surface area contributed by atoms with Crippen LogP contribution in [0.5, 0.6) is 0 Å². The summed E-state index contributed by atoms with van der Waals surface area (Å²) in [4.78, 5) is 14.7. The standard InChI is InChI=1S/C19H26N2OS/c1-18(2,23-3)16(20)17(22)21-12-10-19(11-13-21)9-8-14-6-4-5-7-15(14)19/h4-9,16H,10-13,20H2,1-3H3/t16-/m1/s1. The molecular weight excluding hydrogens is 304 g/mol. The van der Waals surface area contributed by atoms with Crippen LogP contribution in [0.2, 0.25) is 0 Å². The molecule has 0 saturated carbocycles. The zero-order chi connectivity index (χ0) is 16.7. The van der Waals surface area contributed by atoms with E-state index in [1.807, 2.05) is 25.0 Å². The number of nitrogens with zero attached hydrogens (tertiary/aromatic N) is 1. The van der Waals surface area contributed by atoms with Gasteiger partial charge in [-0.15, -0.1) is 0 Å². The van der Waals surface area contributed by atoms with Gasteiger partial charge in [0.2, 0.25) is 5.91 Å². The van der Waals surface area contributed by atoms with Crippen LogP contribution in [-0.4, -0.2) is 40.9 Å². The molecule has 2 aliphatic rings. The molecule has 1 saturated heterocycles. The molecule has 1 aromatic carbocycles. The first kappa shape index (κ1) is 16.6. The monoisotopic (exact) mass is 330 g/mol. The van der Waals surface area contributed by atoms with Crippen LogP contribution < -0.4 is 5.73 Å². The number of carbonyl (C=O) groups excluding carboxylic acids is 1. The number of piperidine rings is 1. The number of likely N-dealkylation sites (tertiary alicyclic amines) is 1. The summed E-state index contributed by atoms with van der Waals surface area (Å²) in [7, 11) is 0. The van der Waals surface area contributed by atoms with Crippen LogP contribution >= 0.6 is 11.8 Å². The fraction of sp³-hybridized carbons (Fsp3) is 0.526. The van der Waals surface area contributed by atoms with E-state index in [4.69, 9.17) is 5.73 Å². The van der Waals surface area contributed by atoms with E-state index in [0.717, 1.165) is 25.9 Å². The summed E-state index contributed by atoms with van der Waals surface area (Å²) >= 11 is 1.65. The molecule has 1 aromatic rings. The van der Waals surface area contributed by atoms with Crippen molar-refractivity contribution in [3.63, 3.8) is 0 Å². The van der Waals surface area contributed by atoms with E-state index in [-0.39, 0.29) is 16.1 Å². The van der Waals surface area contributed by atoms with Gasteiger partial charge in [-0.25, -0.2) is 0 Å². The average Bonchev–Trinajstić information content (AvgIpc) is 2.93. The number of carbonyl (C=O) groups is 1. The van der Waals surface area contributed by atoms with Crippen LogP contribution in [0.3, 0.4) is 0 Å². The summed E-state index contributed by atoms with van der Waals surface area (Å²) < 4.78 is -0.230. The molecule has 0 aromatic heterocycles. The molecule has 3 rings (SSSR count). The minimum atomic E-state index is -0.446. The van der Waals surface area contributed by atoms with E-state index in [1.54, 1.807) is 11.8 Å². The molecule has 4 heteroatoms. The largest absolute Gasteiger partial charge is 0.341 e. The first-order chi connectivity index (χ1) is 10.9. The molecule has 1 amide bonds. The van der Waals surface area contributed by atoms with Crippen LogP contribution in [0.1, 0.15) is 37.8 Å². The van der Waals surface area contributed by atoms with Crippen LogP contribution in [-0.2, 0) is 10.2 Å². The van der Waals surface area contributed by atoms with Crippen molar-refractivity contribution >= 4 is 23.7 Å². The molecule has 124 valence electrons. The highest BCUT2D eigenvalue weighted by atomic mass is 32.2. The van der Waals surface area contributed by atoms with Crippen molar-refractivity contribution in [2.75, 3.05) is 19.3 Å². The van der Waals surface area contributed by atoms with Gasteiger partial charge in [-0.05, 0) is 44.1 Å². The first-order valence-electron chi connectivity index (χ1n) is 8.28. The number of fused-ring (bicyclic) bond motifs is 2.